The number of carbonyl (C=O) groups is 2. The molecule has 206 valence electrons. The van der Waals surface area contributed by atoms with Gasteiger partial charge < -0.3 is 21.1 Å². The van der Waals surface area contributed by atoms with Crippen LogP contribution in [0.5, 0.6) is 0 Å². The minimum atomic E-state index is -1.64. The molecule has 4 N–H and O–H groups in total. The van der Waals surface area contributed by atoms with E-state index >= 15 is 0 Å². The van der Waals surface area contributed by atoms with Crippen molar-refractivity contribution in [3.8, 4) is 17.5 Å². The number of nitrogens with zero attached hydrogens (tertiary/aromatic N) is 4. The molecule has 1 unspecified atom stereocenters. The summed E-state index contributed by atoms with van der Waals surface area (Å²) in [6.45, 7) is 4.18. The number of amides is 2. The van der Waals surface area contributed by atoms with Gasteiger partial charge in [0.1, 0.15) is 12.2 Å². The molecule has 11 heteroatoms. The molecule has 3 heterocycles. The number of hydrogen-bond donors (Lipinski definition) is 4. The number of nitriles is 1. The first-order valence-electron chi connectivity index (χ1n) is 13.2. The predicted octanol–water partition coefficient (Wildman–Crippen LogP) is 3.36. The Kier molecular flexibility index (Phi) is 8.45. The number of carbonyl (C=O) groups excluding carboxylic acids is 2. The van der Waals surface area contributed by atoms with E-state index in [-0.39, 0.29) is 30.1 Å². The Labute approximate surface area is 226 Å². The van der Waals surface area contributed by atoms with E-state index in [0.29, 0.717) is 29.1 Å². The predicted molar refractivity (Wildman–Crippen MR) is 145 cm³/mol. The zero-order valence-corrected chi connectivity index (χ0v) is 22.4. The fourth-order valence-corrected chi connectivity index (χ4v) is 4.61. The highest BCUT2D eigenvalue weighted by Gasteiger charge is 2.28. The molecule has 0 aliphatic heterocycles. The van der Waals surface area contributed by atoms with E-state index in [1.165, 1.54) is 26.2 Å². The highest BCUT2D eigenvalue weighted by molar-refractivity contribution is 6.00. The molecule has 0 spiro atoms. The van der Waals surface area contributed by atoms with Gasteiger partial charge in [-0.3, -0.25) is 14.6 Å². The average Bonchev–Trinajstić information content (AvgIpc) is 3.35. The van der Waals surface area contributed by atoms with Crippen LogP contribution in [-0.4, -0.2) is 61.9 Å². The van der Waals surface area contributed by atoms with Crippen LogP contribution in [0.25, 0.3) is 16.9 Å². The number of aromatic nitrogens is 3. The molecule has 0 saturated heterocycles. The van der Waals surface area contributed by atoms with Crippen molar-refractivity contribution in [2.45, 2.75) is 76.7 Å². The maximum atomic E-state index is 14.3. The average molecular weight is 536 g/mol. The SMILES string of the molecule is CCC(=O)NC1CCC(Nc2cc(-c3ccc4cc(C#N)cnn34)ncc2C(=O)NCC(F)C(C)(C)O)CC1. The van der Waals surface area contributed by atoms with E-state index in [0.717, 1.165) is 31.2 Å². The molecule has 1 saturated carbocycles. The van der Waals surface area contributed by atoms with Gasteiger partial charge in [-0.1, -0.05) is 6.92 Å². The topological polar surface area (TPSA) is 144 Å². The Balaban J connectivity index is 1.59. The van der Waals surface area contributed by atoms with Crippen molar-refractivity contribution in [2.24, 2.45) is 0 Å². The zero-order valence-electron chi connectivity index (χ0n) is 22.4. The van der Waals surface area contributed by atoms with Crippen LogP contribution in [0.2, 0.25) is 0 Å². The third kappa shape index (κ3) is 6.70. The molecular formula is C28H34FN7O3. The lowest BCUT2D eigenvalue weighted by Gasteiger charge is -2.31. The Morgan fingerprint density at radius 3 is 2.59 bits per heavy atom. The van der Waals surface area contributed by atoms with Crippen LogP contribution < -0.4 is 16.0 Å². The van der Waals surface area contributed by atoms with Gasteiger partial charge in [-0.25, -0.2) is 8.91 Å². The van der Waals surface area contributed by atoms with E-state index in [1.807, 2.05) is 19.1 Å². The Morgan fingerprint density at radius 2 is 1.92 bits per heavy atom. The van der Waals surface area contributed by atoms with Crippen LogP contribution in [0.4, 0.5) is 10.1 Å². The number of pyridine rings is 1. The molecular weight excluding hydrogens is 501 g/mol. The lowest BCUT2D eigenvalue weighted by molar-refractivity contribution is -0.121. The summed E-state index contributed by atoms with van der Waals surface area (Å²) in [4.78, 5) is 29.4. The lowest BCUT2D eigenvalue weighted by Crippen LogP contribution is -2.42. The fraction of sp³-hybridized carbons (Fsp3) is 0.464. The van der Waals surface area contributed by atoms with Gasteiger partial charge in [0.25, 0.3) is 5.91 Å². The highest BCUT2D eigenvalue weighted by atomic mass is 19.1. The minimum absolute atomic E-state index is 0.0382. The van der Waals surface area contributed by atoms with Gasteiger partial charge in [0.15, 0.2) is 0 Å². The summed E-state index contributed by atoms with van der Waals surface area (Å²) in [6.07, 6.45) is 4.94. The van der Waals surface area contributed by atoms with Gasteiger partial charge in [-0.15, -0.1) is 0 Å². The van der Waals surface area contributed by atoms with Crippen LogP contribution in [0.15, 0.2) is 36.7 Å². The third-order valence-corrected chi connectivity index (χ3v) is 7.02. The maximum Gasteiger partial charge on any atom is 0.255 e. The van der Waals surface area contributed by atoms with Crippen LogP contribution in [0.1, 0.15) is 68.8 Å². The fourth-order valence-electron chi connectivity index (χ4n) is 4.61. The summed E-state index contributed by atoms with van der Waals surface area (Å²) in [7, 11) is 0. The van der Waals surface area contributed by atoms with Crippen molar-refractivity contribution in [1.82, 2.24) is 25.2 Å². The van der Waals surface area contributed by atoms with E-state index in [4.69, 9.17) is 0 Å². The second-order valence-corrected chi connectivity index (χ2v) is 10.5. The van der Waals surface area contributed by atoms with Crippen molar-refractivity contribution >= 4 is 23.0 Å². The molecule has 0 radical (unpaired) electrons. The lowest BCUT2D eigenvalue weighted by atomic mass is 9.90. The molecule has 3 aromatic heterocycles. The van der Waals surface area contributed by atoms with Crippen LogP contribution >= 0.6 is 0 Å². The van der Waals surface area contributed by atoms with Crippen molar-refractivity contribution in [2.75, 3.05) is 11.9 Å². The quantitative estimate of drug-likeness (QED) is 0.329. The largest absolute Gasteiger partial charge is 0.387 e. The first kappa shape index (κ1) is 28.0. The summed E-state index contributed by atoms with van der Waals surface area (Å²) < 4.78 is 16.0. The van der Waals surface area contributed by atoms with Gasteiger partial charge in [0.2, 0.25) is 5.91 Å². The molecule has 1 atom stereocenters. The Bertz CT molecular complexity index is 1380. The molecule has 1 aliphatic rings. The number of nitrogens with one attached hydrogen (secondary N) is 3. The van der Waals surface area contributed by atoms with E-state index in [9.17, 15) is 24.3 Å². The first-order valence-corrected chi connectivity index (χ1v) is 13.2. The first-order chi connectivity index (χ1) is 18.6. The van der Waals surface area contributed by atoms with Crippen LogP contribution in [0.3, 0.4) is 0 Å². The molecule has 2 amide bonds. The van der Waals surface area contributed by atoms with Crippen LogP contribution in [0, 0.1) is 11.3 Å². The smallest absolute Gasteiger partial charge is 0.255 e. The van der Waals surface area contributed by atoms with Crippen molar-refractivity contribution in [1.29, 1.82) is 5.26 Å². The summed E-state index contributed by atoms with van der Waals surface area (Å²) >= 11 is 0. The Morgan fingerprint density at radius 1 is 1.21 bits per heavy atom. The Hall–Kier alpha value is -4.04. The zero-order chi connectivity index (χ0) is 28.2. The summed E-state index contributed by atoms with van der Waals surface area (Å²) in [5, 5.41) is 32.5. The van der Waals surface area contributed by atoms with E-state index in [1.54, 1.807) is 16.6 Å². The number of anilines is 1. The van der Waals surface area contributed by atoms with Gasteiger partial charge in [-0.05, 0) is 63.8 Å². The number of halogens is 1. The van der Waals surface area contributed by atoms with Gasteiger partial charge >= 0.3 is 0 Å². The number of hydrogen-bond acceptors (Lipinski definition) is 7. The monoisotopic (exact) mass is 535 g/mol. The molecule has 1 aliphatic carbocycles. The summed E-state index contributed by atoms with van der Waals surface area (Å²) in [6, 6.07) is 9.44. The molecule has 0 aromatic carbocycles. The van der Waals surface area contributed by atoms with E-state index in [2.05, 4.69) is 32.1 Å². The van der Waals surface area contributed by atoms with E-state index < -0.39 is 17.7 Å². The number of alkyl halides is 1. The molecule has 4 rings (SSSR count). The van der Waals surface area contributed by atoms with Crippen molar-refractivity contribution in [3.63, 3.8) is 0 Å². The third-order valence-electron chi connectivity index (χ3n) is 7.02. The number of fused-ring (bicyclic) bond motifs is 1. The van der Waals surface area contributed by atoms with Gasteiger partial charge in [0, 0.05) is 24.7 Å². The second-order valence-electron chi connectivity index (χ2n) is 10.5. The molecule has 3 aromatic rings. The normalized spacial score (nSPS) is 18.3. The maximum absolute atomic E-state index is 14.3. The molecule has 1 fully saturated rings. The highest BCUT2D eigenvalue weighted by Crippen LogP contribution is 2.29. The van der Waals surface area contributed by atoms with Gasteiger partial charge in [0.05, 0.1) is 52.1 Å². The van der Waals surface area contributed by atoms with Gasteiger partial charge in [-0.2, -0.15) is 10.4 Å². The molecule has 0 bridgehead atoms. The second kappa shape index (κ2) is 11.8. The summed E-state index contributed by atoms with van der Waals surface area (Å²) in [5.74, 6) is -0.472. The minimum Gasteiger partial charge on any atom is -0.387 e. The van der Waals surface area contributed by atoms with Crippen LogP contribution in [-0.2, 0) is 4.79 Å². The number of aliphatic hydroxyl groups is 1. The molecule has 39 heavy (non-hydrogen) atoms. The molecule has 10 nitrogen and oxygen atoms in total. The van der Waals surface area contributed by atoms with Crippen molar-refractivity contribution in [3.05, 3.63) is 47.8 Å². The van der Waals surface area contributed by atoms with Crippen molar-refractivity contribution < 1.29 is 19.1 Å². The number of rotatable bonds is 9. The standard InChI is InChI=1S/C28H34FN7O3/c1-4-26(37)35-19-7-5-18(6-8-19)34-22-12-23(24-10-9-20-11-17(13-30)14-33-36(20)24)31-15-21(22)27(38)32-16-25(29)28(2,3)39/h9-12,14-15,18-19,25,39H,4-8,16H2,1-3H3,(H,31,34)(H,32,38)(H,35,37). The summed E-state index contributed by atoms with van der Waals surface area (Å²) in [5.41, 5.74) is 1.63.